The van der Waals surface area contributed by atoms with Crippen LogP contribution in [0.25, 0.3) is 0 Å². The summed E-state index contributed by atoms with van der Waals surface area (Å²) >= 11 is 1.35. The third-order valence-corrected chi connectivity index (χ3v) is 5.72. The summed E-state index contributed by atoms with van der Waals surface area (Å²) in [7, 11) is -3.75. The van der Waals surface area contributed by atoms with Crippen molar-refractivity contribution in [1.29, 1.82) is 5.41 Å². The summed E-state index contributed by atoms with van der Waals surface area (Å²) in [5, 5.41) is 6.67. The highest BCUT2D eigenvalue weighted by atomic mass is 32.2. The van der Waals surface area contributed by atoms with Crippen LogP contribution in [0.3, 0.4) is 0 Å². The number of benzene rings is 1. The van der Waals surface area contributed by atoms with E-state index in [4.69, 9.17) is 15.7 Å². The molecule has 1 aromatic rings. The molecule has 124 valence electrons. The second-order valence-electron chi connectivity index (χ2n) is 5.54. The highest BCUT2D eigenvalue weighted by molar-refractivity contribution is 8.13. The normalized spacial score (nSPS) is 21.5. The van der Waals surface area contributed by atoms with Crippen LogP contribution < -0.4 is 5.73 Å². The molecule has 4 N–H and O–H groups in total. The van der Waals surface area contributed by atoms with Gasteiger partial charge in [0.15, 0.2) is 5.17 Å². The van der Waals surface area contributed by atoms with Gasteiger partial charge in [0.25, 0.3) is 10.1 Å². The van der Waals surface area contributed by atoms with E-state index in [0.717, 1.165) is 18.6 Å². The van der Waals surface area contributed by atoms with Gasteiger partial charge in [0.05, 0.1) is 5.25 Å². The zero-order valence-corrected chi connectivity index (χ0v) is 14.4. The maximum Gasteiger partial charge on any atom is 0.267 e. The van der Waals surface area contributed by atoms with E-state index in [1.54, 1.807) is 0 Å². The van der Waals surface area contributed by atoms with Crippen molar-refractivity contribution in [1.82, 2.24) is 0 Å². The van der Waals surface area contributed by atoms with Crippen LogP contribution in [0.4, 0.5) is 0 Å². The molecule has 5 nitrogen and oxygen atoms in total. The Balaban J connectivity index is 0.000000220. The van der Waals surface area contributed by atoms with E-state index in [9.17, 15) is 8.42 Å². The Morgan fingerprint density at radius 2 is 1.82 bits per heavy atom. The van der Waals surface area contributed by atoms with Crippen LogP contribution in [0.5, 0.6) is 0 Å². The van der Waals surface area contributed by atoms with E-state index < -0.39 is 15.4 Å². The second kappa shape index (κ2) is 9.17. The van der Waals surface area contributed by atoms with Gasteiger partial charge in [-0.3, -0.25) is 9.96 Å². The van der Waals surface area contributed by atoms with Crippen molar-refractivity contribution in [2.45, 2.75) is 43.6 Å². The molecule has 0 aliphatic heterocycles. The van der Waals surface area contributed by atoms with Crippen LogP contribution in [-0.4, -0.2) is 23.4 Å². The summed E-state index contributed by atoms with van der Waals surface area (Å²) in [6.07, 6.45) is 3.09. The SMILES string of the molecule is CC1CCC(S(=O)(=O)O)CC1.N=C(N)SCc1ccccc1. The molecule has 1 aromatic carbocycles. The second-order valence-corrected chi connectivity index (χ2v) is 8.25. The van der Waals surface area contributed by atoms with Gasteiger partial charge in [-0.15, -0.1) is 0 Å². The van der Waals surface area contributed by atoms with Gasteiger partial charge in [0.1, 0.15) is 0 Å². The lowest BCUT2D eigenvalue weighted by Gasteiger charge is -2.23. The molecule has 0 heterocycles. The van der Waals surface area contributed by atoms with Gasteiger partial charge in [0.2, 0.25) is 0 Å². The fourth-order valence-electron chi connectivity index (χ4n) is 2.26. The average molecular weight is 345 g/mol. The van der Waals surface area contributed by atoms with Crippen LogP contribution in [0, 0.1) is 11.3 Å². The fourth-order valence-corrected chi connectivity index (χ4v) is 3.65. The van der Waals surface area contributed by atoms with Crippen molar-refractivity contribution in [3.63, 3.8) is 0 Å². The zero-order valence-electron chi connectivity index (χ0n) is 12.7. The van der Waals surface area contributed by atoms with E-state index in [-0.39, 0.29) is 5.17 Å². The molecule has 2 rings (SSSR count). The minimum atomic E-state index is -3.75. The number of amidine groups is 1. The minimum absolute atomic E-state index is 0.175. The van der Waals surface area contributed by atoms with Gasteiger partial charge in [-0.2, -0.15) is 8.42 Å². The number of rotatable bonds is 3. The molecule has 0 radical (unpaired) electrons. The standard InChI is InChI=1S/C8H10N2S.C7H14O3S/c9-8(10)11-6-7-4-2-1-3-5-7;1-6-2-4-7(5-3-6)11(8,9)10/h1-5H,6H2,(H3,9,10);6-7H,2-5H2,1H3,(H,8,9,10). The maximum atomic E-state index is 10.6. The number of nitrogens with one attached hydrogen (secondary N) is 1. The molecule has 7 heteroatoms. The monoisotopic (exact) mass is 344 g/mol. The first-order valence-electron chi connectivity index (χ1n) is 7.26. The first-order chi connectivity index (χ1) is 10.3. The Bertz CT molecular complexity index is 553. The largest absolute Gasteiger partial charge is 0.379 e. The summed E-state index contributed by atoms with van der Waals surface area (Å²) in [6.45, 7) is 2.11. The van der Waals surface area contributed by atoms with E-state index >= 15 is 0 Å². The van der Waals surface area contributed by atoms with Gasteiger partial charge in [-0.1, -0.05) is 49.0 Å². The van der Waals surface area contributed by atoms with Crippen molar-refractivity contribution < 1.29 is 13.0 Å². The maximum absolute atomic E-state index is 10.6. The molecule has 0 amide bonds. The van der Waals surface area contributed by atoms with Crippen molar-refractivity contribution in [2.24, 2.45) is 11.7 Å². The molecule has 0 saturated heterocycles. The summed E-state index contributed by atoms with van der Waals surface area (Å²) in [6, 6.07) is 9.99. The van der Waals surface area contributed by atoms with E-state index in [1.807, 2.05) is 30.3 Å². The van der Waals surface area contributed by atoms with Crippen LogP contribution >= 0.6 is 11.8 Å². The predicted octanol–water partition coefficient (Wildman–Crippen LogP) is 3.27. The smallest absolute Gasteiger partial charge is 0.267 e. The molecule has 22 heavy (non-hydrogen) atoms. The Morgan fingerprint density at radius 1 is 1.27 bits per heavy atom. The fraction of sp³-hybridized carbons (Fsp3) is 0.533. The molecular weight excluding hydrogens is 320 g/mol. The predicted molar refractivity (Wildman–Crippen MR) is 92.6 cm³/mol. The summed E-state index contributed by atoms with van der Waals surface area (Å²) in [5.41, 5.74) is 6.39. The molecule has 0 unspecified atom stereocenters. The summed E-state index contributed by atoms with van der Waals surface area (Å²) < 4.78 is 30.0. The van der Waals surface area contributed by atoms with Crippen molar-refractivity contribution in [3.8, 4) is 0 Å². The van der Waals surface area contributed by atoms with Gasteiger partial charge in [0, 0.05) is 5.75 Å². The topological polar surface area (TPSA) is 104 Å². The highest BCUT2D eigenvalue weighted by Crippen LogP contribution is 2.27. The number of hydrogen-bond acceptors (Lipinski definition) is 4. The molecule has 0 atom stereocenters. The quantitative estimate of drug-likeness (QED) is 0.443. The lowest BCUT2D eigenvalue weighted by Crippen LogP contribution is -2.25. The molecule has 1 aliphatic rings. The Morgan fingerprint density at radius 3 is 2.27 bits per heavy atom. The van der Waals surface area contributed by atoms with Gasteiger partial charge < -0.3 is 5.73 Å². The number of hydrogen-bond donors (Lipinski definition) is 3. The molecule has 0 spiro atoms. The van der Waals surface area contributed by atoms with E-state index in [2.05, 4.69) is 6.92 Å². The molecule has 1 saturated carbocycles. The van der Waals surface area contributed by atoms with Crippen molar-refractivity contribution in [3.05, 3.63) is 35.9 Å². The number of thioether (sulfide) groups is 1. The van der Waals surface area contributed by atoms with Crippen LogP contribution in [0.1, 0.15) is 38.2 Å². The van der Waals surface area contributed by atoms with Crippen LogP contribution in [-0.2, 0) is 15.9 Å². The molecule has 1 aliphatic carbocycles. The molecule has 0 bridgehead atoms. The Labute approximate surface area is 136 Å². The van der Waals surface area contributed by atoms with Crippen molar-refractivity contribution >= 4 is 27.0 Å². The number of nitrogens with two attached hydrogens (primary N) is 1. The molecule has 0 aromatic heterocycles. The Hall–Kier alpha value is -1.05. The van der Waals surface area contributed by atoms with E-state index in [0.29, 0.717) is 18.8 Å². The third-order valence-electron chi connectivity index (χ3n) is 3.62. The van der Waals surface area contributed by atoms with Crippen LogP contribution in [0.15, 0.2) is 30.3 Å². The third kappa shape index (κ3) is 7.82. The summed E-state index contributed by atoms with van der Waals surface area (Å²) in [5.74, 6) is 1.41. The Kier molecular flexibility index (Phi) is 7.92. The highest BCUT2D eigenvalue weighted by Gasteiger charge is 2.27. The van der Waals surface area contributed by atoms with Crippen molar-refractivity contribution in [2.75, 3.05) is 0 Å². The first-order valence-corrected chi connectivity index (χ1v) is 9.75. The lowest BCUT2D eigenvalue weighted by molar-refractivity contribution is 0.364. The summed E-state index contributed by atoms with van der Waals surface area (Å²) in [4.78, 5) is 0. The van der Waals surface area contributed by atoms with Gasteiger partial charge in [-0.25, -0.2) is 0 Å². The molecule has 1 fully saturated rings. The molecular formula is C15H24N2O3S2. The van der Waals surface area contributed by atoms with Gasteiger partial charge in [-0.05, 0) is 37.2 Å². The zero-order chi connectivity index (χ0) is 16.6. The van der Waals surface area contributed by atoms with Crippen LogP contribution in [0.2, 0.25) is 0 Å². The average Bonchev–Trinajstić information content (AvgIpc) is 2.46. The van der Waals surface area contributed by atoms with E-state index in [1.165, 1.54) is 17.3 Å². The first kappa shape index (κ1) is 19.0. The van der Waals surface area contributed by atoms with Gasteiger partial charge >= 0.3 is 0 Å². The lowest BCUT2D eigenvalue weighted by atomic mass is 9.91. The minimum Gasteiger partial charge on any atom is -0.379 e.